The Morgan fingerprint density at radius 2 is 1.45 bits per heavy atom. The standard InChI is InChI=1S/C13H25N.C10H23N.C2H6.2C2H2/c1-4-6-8-9-10-11-13-14(3)12-7-5-2;1-5-7-10(8-11-4)9(3)6-2;3*1-2/h4,6,8-9H,5,7,10-13H2,1-3H3;9-11H,5-8H2,1-4H3;1-2H3;2*1-2H/b6-4-,9-8-;;;;/t;9-,10-;;;/m.0.../s1. The minimum absolute atomic E-state index is 0.877. The molecule has 0 aliphatic carbocycles. The normalized spacial score (nSPS) is 11.7. The van der Waals surface area contributed by atoms with E-state index in [1.54, 1.807) is 0 Å². The molecule has 31 heavy (non-hydrogen) atoms. The van der Waals surface area contributed by atoms with Gasteiger partial charge in [-0.2, -0.15) is 0 Å². The molecule has 184 valence electrons. The number of nitrogens with one attached hydrogen (secondary N) is 1. The van der Waals surface area contributed by atoms with Crippen LogP contribution in [0.25, 0.3) is 0 Å². The van der Waals surface area contributed by atoms with E-state index in [-0.39, 0.29) is 0 Å². The summed E-state index contributed by atoms with van der Waals surface area (Å²) in [6.07, 6.45) is 33.6. The van der Waals surface area contributed by atoms with Crippen molar-refractivity contribution in [2.24, 2.45) is 11.8 Å². The zero-order valence-electron chi connectivity index (χ0n) is 22.8. The first-order valence-corrected chi connectivity index (χ1v) is 12.3. The molecule has 0 aliphatic heterocycles. The second-order valence-corrected chi connectivity index (χ2v) is 7.24. The van der Waals surface area contributed by atoms with Crippen LogP contribution in [0.15, 0.2) is 24.3 Å². The number of terminal acetylenes is 2. The van der Waals surface area contributed by atoms with Crippen molar-refractivity contribution in [1.82, 2.24) is 10.2 Å². The molecule has 0 aromatic heterocycles. The average molecular weight is 435 g/mol. The minimum atomic E-state index is 0.877. The molecule has 0 rings (SSSR count). The van der Waals surface area contributed by atoms with Gasteiger partial charge in [0.2, 0.25) is 0 Å². The number of unbranched alkanes of at least 4 members (excludes halogenated alkanes) is 2. The average Bonchev–Trinajstić information content (AvgIpc) is 2.83. The fourth-order valence-electron chi connectivity index (χ4n) is 2.86. The van der Waals surface area contributed by atoms with E-state index in [1.807, 2.05) is 27.8 Å². The number of nitrogens with zero attached hydrogens (tertiary/aromatic N) is 1. The monoisotopic (exact) mass is 434 g/mol. The predicted molar refractivity (Wildman–Crippen MR) is 149 cm³/mol. The lowest BCUT2D eigenvalue weighted by atomic mass is 9.88. The maximum Gasteiger partial charge on any atom is -0.00188 e. The van der Waals surface area contributed by atoms with Gasteiger partial charge in [-0.15, -0.1) is 25.7 Å². The second-order valence-electron chi connectivity index (χ2n) is 7.24. The molecule has 0 heterocycles. The number of hydrogen-bond acceptors (Lipinski definition) is 2. The van der Waals surface area contributed by atoms with E-state index in [9.17, 15) is 0 Å². The van der Waals surface area contributed by atoms with Crippen LogP contribution in [0.3, 0.4) is 0 Å². The Kier molecular flexibility index (Phi) is 54.9. The van der Waals surface area contributed by atoms with Gasteiger partial charge in [-0.1, -0.05) is 85.1 Å². The Hall–Kier alpha value is -1.48. The molecule has 1 N–H and O–H groups in total. The van der Waals surface area contributed by atoms with Gasteiger partial charge in [0.25, 0.3) is 0 Å². The summed E-state index contributed by atoms with van der Waals surface area (Å²) in [4.78, 5) is 2.42. The van der Waals surface area contributed by atoms with Gasteiger partial charge >= 0.3 is 0 Å². The summed E-state index contributed by atoms with van der Waals surface area (Å²) in [7, 11) is 4.26. The lowest BCUT2D eigenvalue weighted by Gasteiger charge is -2.21. The largest absolute Gasteiger partial charge is 0.319 e. The van der Waals surface area contributed by atoms with E-state index < -0.39 is 0 Å². The fourth-order valence-corrected chi connectivity index (χ4v) is 2.86. The maximum atomic E-state index is 4.00. The number of rotatable bonds is 14. The molecule has 0 saturated heterocycles. The minimum Gasteiger partial charge on any atom is -0.319 e. The summed E-state index contributed by atoms with van der Waals surface area (Å²) in [5, 5.41) is 3.27. The van der Waals surface area contributed by atoms with Crippen molar-refractivity contribution in [2.75, 3.05) is 33.7 Å². The number of allylic oxidation sites excluding steroid dienone is 4. The first kappa shape index (κ1) is 39.9. The molecular formula is C29H58N2. The molecule has 0 radical (unpaired) electrons. The summed E-state index contributed by atoms with van der Waals surface area (Å²) < 4.78 is 0. The van der Waals surface area contributed by atoms with Crippen molar-refractivity contribution in [3.05, 3.63) is 24.3 Å². The molecule has 0 aromatic rings. The Balaban J connectivity index is -0.000000119. The highest BCUT2D eigenvalue weighted by atomic mass is 15.1. The van der Waals surface area contributed by atoms with E-state index in [0.717, 1.165) is 11.8 Å². The van der Waals surface area contributed by atoms with Crippen LogP contribution in [0.2, 0.25) is 0 Å². The van der Waals surface area contributed by atoms with Crippen molar-refractivity contribution in [3.8, 4) is 25.7 Å². The Labute approximate surface area is 199 Å². The van der Waals surface area contributed by atoms with Crippen LogP contribution in [0.4, 0.5) is 0 Å². The van der Waals surface area contributed by atoms with Crippen LogP contribution in [-0.4, -0.2) is 38.6 Å². The second kappa shape index (κ2) is 42.6. The maximum absolute atomic E-state index is 4.00. The molecule has 0 saturated carbocycles. The van der Waals surface area contributed by atoms with Crippen molar-refractivity contribution < 1.29 is 0 Å². The first-order chi connectivity index (χ1) is 15.1. The van der Waals surface area contributed by atoms with E-state index in [0.29, 0.717) is 0 Å². The van der Waals surface area contributed by atoms with Gasteiger partial charge in [0.05, 0.1) is 0 Å². The van der Waals surface area contributed by atoms with Gasteiger partial charge in [-0.25, -0.2) is 0 Å². The smallest absolute Gasteiger partial charge is 0.00188 e. The summed E-state index contributed by atoms with van der Waals surface area (Å²) in [5.74, 6) is 1.76. The summed E-state index contributed by atoms with van der Waals surface area (Å²) in [6, 6.07) is 0. The van der Waals surface area contributed by atoms with E-state index >= 15 is 0 Å². The highest BCUT2D eigenvalue weighted by Crippen LogP contribution is 2.19. The lowest BCUT2D eigenvalue weighted by Crippen LogP contribution is -2.24. The predicted octanol–water partition coefficient (Wildman–Crippen LogP) is 7.82. The van der Waals surface area contributed by atoms with Gasteiger partial charge in [0, 0.05) is 0 Å². The molecule has 0 aromatic carbocycles. The molecule has 2 atom stereocenters. The first-order valence-electron chi connectivity index (χ1n) is 12.3. The van der Waals surface area contributed by atoms with Gasteiger partial charge in [-0.05, 0) is 78.2 Å². The third-order valence-electron chi connectivity index (χ3n) is 4.82. The lowest BCUT2D eigenvalue weighted by molar-refractivity contribution is 0.317. The molecule has 0 unspecified atom stereocenters. The topological polar surface area (TPSA) is 15.3 Å². The molecule has 0 bridgehead atoms. The molecule has 2 heteroatoms. The van der Waals surface area contributed by atoms with Crippen molar-refractivity contribution >= 4 is 0 Å². The van der Waals surface area contributed by atoms with E-state index in [4.69, 9.17) is 0 Å². The SMILES string of the molecule is C#C.C#C.C/C=C\C=C/CCCN(C)CCCC.CC.CCC[C@@H](CNC)[C@@H](C)CC. The van der Waals surface area contributed by atoms with Crippen LogP contribution in [0, 0.1) is 37.5 Å². The molecule has 2 nitrogen and oxygen atoms in total. The molecule has 0 spiro atoms. The van der Waals surface area contributed by atoms with Crippen LogP contribution in [-0.2, 0) is 0 Å². The Morgan fingerprint density at radius 1 is 0.903 bits per heavy atom. The third kappa shape index (κ3) is 39.6. The summed E-state index contributed by atoms with van der Waals surface area (Å²) in [6.45, 7) is 18.8. The van der Waals surface area contributed by atoms with Crippen LogP contribution >= 0.6 is 0 Å². The van der Waals surface area contributed by atoms with Gasteiger partial charge in [0.15, 0.2) is 0 Å². The molecule has 0 fully saturated rings. The Bertz CT molecular complexity index is 353. The van der Waals surface area contributed by atoms with Crippen molar-refractivity contribution in [1.29, 1.82) is 0 Å². The quantitative estimate of drug-likeness (QED) is 0.170. The van der Waals surface area contributed by atoms with E-state index in [2.05, 4.69) is 95.0 Å². The van der Waals surface area contributed by atoms with Crippen molar-refractivity contribution in [2.45, 2.75) is 93.4 Å². The zero-order chi connectivity index (χ0) is 25.3. The van der Waals surface area contributed by atoms with E-state index in [1.165, 1.54) is 64.6 Å². The fraction of sp³-hybridized carbons (Fsp3) is 0.724. The highest BCUT2D eigenvalue weighted by Gasteiger charge is 2.12. The van der Waals surface area contributed by atoms with Gasteiger partial charge in [-0.3, -0.25) is 0 Å². The third-order valence-corrected chi connectivity index (χ3v) is 4.82. The summed E-state index contributed by atoms with van der Waals surface area (Å²) >= 11 is 0. The van der Waals surface area contributed by atoms with Gasteiger partial charge < -0.3 is 10.2 Å². The van der Waals surface area contributed by atoms with Crippen LogP contribution in [0.5, 0.6) is 0 Å². The molecule has 0 amide bonds. The number of hydrogen-bond donors (Lipinski definition) is 1. The van der Waals surface area contributed by atoms with Crippen LogP contribution < -0.4 is 5.32 Å². The Morgan fingerprint density at radius 3 is 1.87 bits per heavy atom. The van der Waals surface area contributed by atoms with Crippen LogP contribution in [0.1, 0.15) is 93.4 Å². The molecular weight excluding hydrogens is 376 g/mol. The summed E-state index contributed by atoms with van der Waals surface area (Å²) in [5.41, 5.74) is 0. The van der Waals surface area contributed by atoms with Crippen molar-refractivity contribution in [3.63, 3.8) is 0 Å². The molecule has 0 aliphatic rings. The highest BCUT2D eigenvalue weighted by molar-refractivity contribution is 5.00. The van der Waals surface area contributed by atoms with Gasteiger partial charge in [0.1, 0.15) is 0 Å². The zero-order valence-corrected chi connectivity index (χ0v) is 22.8.